The van der Waals surface area contributed by atoms with Gasteiger partial charge in [0, 0.05) is 0 Å². The molecular formula is C46H64N4O2Ti. The molecule has 0 saturated heterocycles. The van der Waals surface area contributed by atoms with E-state index in [0.29, 0.717) is 34.8 Å². The van der Waals surface area contributed by atoms with Gasteiger partial charge in [0.15, 0.2) is 0 Å². The SMILES string of the molecule is CC(C)c1cccc(C(C)C)c1N=C([O-])c1ccccc1.CC(C)c1cccc(C(C)C)c1N=C([O-])c1ccccc1.CC[N-]CC.CC[N-]CC.[Ti+4]. The molecule has 7 heteroatoms. The Bertz CT molecular complexity index is 1420. The van der Waals surface area contributed by atoms with Crippen LogP contribution in [0, 0.1) is 0 Å². The number of hydrogen-bond donors (Lipinski definition) is 0. The Morgan fingerprint density at radius 3 is 0.868 bits per heavy atom. The summed E-state index contributed by atoms with van der Waals surface area (Å²) in [6.07, 6.45) is 0. The fraction of sp³-hybridized carbons (Fsp3) is 0.435. The number of aliphatic imine (C=N–C) groups is 2. The molecule has 0 N–H and O–H groups in total. The monoisotopic (exact) mass is 752 g/mol. The molecule has 0 unspecified atom stereocenters. The average molecular weight is 753 g/mol. The standard InChI is InChI=1S/2C19H23NO.2C4H10N.Ti/c2*1-13(2)16-11-8-12-17(14(3)4)18(16)20-19(21)15-9-6-5-7-10-15;2*1-3-5-4-2;/h2*5-14H,1-4H3,(H,20,21);2*3-4H2,1-2H3;/q;;2*-1;+4/p-2. The maximum absolute atomic E-state index is 12.4. The van der Waals surface area contributed by atoms with Gasteiger partial charge in [-0.1, -0.05) is 180 Å². The van der Waals surface area contributed by atoms with Gasteiger partial charge in [-0.05, 0) is 68.8 Å². The molecule has 0 spiro atoms. The van der Waals surface area contributed by atoms with Crippen LogP contribution in [0.4, 0.5) is 11.4 Å². The summed E-state index contributed by atoms with van der Waals surface area (Å²) in [7, 11) is 0. The Hall–Kier alpha value is -3.55. The van der Waals surface area contributed by atoms with E-state index in [9.17, 15) is 10.2 Å². The van der Waals surface area contributed by atoms with Crippen LogP contribution in [0.1, 0.15) is 140 Å². The summed E-state index contributed by atoms with van der Waals surface area (Å²) in [4.78, 5) is 8.87. The molecule has 6 nitrogen and oxygen atoms in total. The van der Waals surface area contributed by atoms with E-state index >= 15 is 0 Å². The molecule has 4 rings (SSSR count). The first-order valence-corrected chi connectivity index (χ1v) is 19.0. The minimum Gasteiger partial charge on any atom is -0.858 e. The number of hydrogen-bond acceptors (Lipinski definition) is 4. The molecule has 4 aromatic rings. The summed E-state index contributed by atoms with van der Waals surface area (Å²) in [6, 6.07) is 30.8. The molecule has 0 fully saturated rings. The first kappa shape index (κ1) is 49.5. The fourth-order valence-electron chi connectivity index (χ4n) is 5.22. The van der Waals surface area contributed by atoms with E-state index in [2.05, 4.69) is 112 Å². The third kappa shape index (κ3) is 17.9. The van der Waals surface area contributed by atoms with Crippen molar-refractivity contribution >= 4 is 23.2 Å². The Balaban J connectivity index is 0.000000802. The molecule has 0 saturated carbocycles. The third-order valence-corrected chi connectivity index (χ3v) is 8.05. The van der Waals surface area contributed by atoms with Crippen LogP contribution in [-0.4, -0.2) is 38.0 Å². The van der Waals surface area contributed by atoms with E-state index in [-0.39, 0.29) is 33.5 Å². The van der Waals surface area contributed by atoms with Crippen LogP contribution in [0.2, 0.25) is 0 Å². The molecule has 0 aliphatic carbocycles. The molecule has 284 valence electrons. The van der Waals surface area contributed by atoms with Crippen molar-refractivity contribution in [2.24, 2.45) is 9.98 Å². The second-order valence-corrected chi connectivity index (χ2v) is 13.5. The van der Waals surface area contributed by atoms with Crippen molar-refractivity contribution < 1.29 is 31.9 Å². The smallest absolute Gasteiger partial charge is 0.858 e. The van der Waals surface area contributed by atoms with Gasteiger partial charge in [-0.3, -0.25) is 9.98 Å². The molecule has 0 amide bonds. The van der Waals surface area contributed by atoms with Gasteiger partial charge in [0.2, 0.25) is 0 Å². The van der Waals surface area contributed by atoms with Crippen LogP contribution in [0.3, 0.4) is 0 Å². The minimum absolute atomic E-state index is 0. The molecule has 0 heterocycles. The van der Waals surface area contributed by atoms with Crippen LogP contribution in [-0.2, 0) is 21.7 Å². The van der Waals surface area contributed by atoms with E-state index < -0.39 is 0 Å². The zero-order valence-corrected chi connectivity index (χ0v) is 36.0. The van der Waals surface area contributed by atoms with Gasteiger partial charge in [-0.2, -0.15) is 26.2 Å². The number of benzene rings is 4. The van der Waals surface area contributed by atoms with Gasteiger partial charge in [0.05, 0.1) is 11.4 Å². The predicted molar refractivity (Wildman–Crippen MR) is 223 cm³/mol. The van der Waals surface area contributed by atoms with Crippen LogP contribution < -0.4 is 10.2 Å². The second kappa shape index (κ2) is 28.0. The largest absolute Gasteiger partial charge is 4.00 e. The zero-order valence-electron chi connectivity index (χ0n) is 34.5. The van der Waals surface area contributed by atoms with Gasteiger partial charge in [0.25, 0.3) is 0 Å². The van der Waals surface area contributed by atoms with Crippen molar-refractivity contribution in [1.82, 2.24) is 0 Å². The zero-order chi connectivity index (χ0) is 39.1. The van der Waals surface area contributed by atoms with Gasteiger partial charge in [-0.25, -0.2) is 0 Å². The molecule has 0 aliphatic heterocycles. The van der Waals surface area contributed by atoms with Crippen LogP contribution >= 0.6 is 0 Å². The summed E-state index contributed by atoms with van der Waals surface area (Å²) >= 11 is 0. The molecule has 53 heavy (non-hydrogen) atoms. The summed E-state index contributed by atoms with van der Waals surface area (Å²) < 4.78 is 0. The van der Waals surface area contributed by atoms with E-state index in [1.165, 1.54) is 0 Å². The molecule has 0 aromatic heterocycles. The van der Waals surface area contributed by atoms with Crippen molar-refractivity contribution in [1.29, 1.82) is 0 Å². The Kier molecular flexibility index (Phi) is 26.1. The first-order valence-electron chi connectivity index (χ1n) is 19.0. The fourth-order valence-corrected chi connectivity index (χ4v) is 5.22. The maximum atomic E-state index is 12.4. The molecular weight excluding hydrogens is 688 g/mol. The van der Waals surface area contributed by atoms with Gasteiger partial charge < -0.3 is 20.8 Å². The van der Waals surface area contributed by atoms with Gasteiger partial charge in [0.1, 0.15) is 0 Å². The summed E-state index contributed by atoms with van der Waals surface area (Å²) in [5, 5.41) is 32.7. The van der Waals surface area contributed by atoms with E-state index in [1.807, 2.05) is 64.1 Å². The number of para-hydroxylation sites is 2. The van der Waals surface area contributed by atoms with E-state index in [4.69, 9.17) is 0 Å². The van der Waals surface area contributed by atoms with Crippen LogP contribution in [0.25, 0.3) is 10.6 Å². The quantitative estimate of drug-likeness (QED) is 0.0817. The van der Waals surface area contributed by atoms with Crippen LogP contribution in [0.5, 0.6) is 0 Å². The van der Waals surface area contributed by atoms with Crippen molar-refractivity contribution in [2.45, 2.75) is 107 Å². The summed E-state index contributed by atoms with van der Waals surface area (Å²) in [6.45, 7) is 29.1. The van der Waals surface area contributed by atoms with Gasteiger partial charge in [-0.15, -0.1) is 0 Å². The number of nitrogens with zero attached hydrogens (tertiary/aromatic N) is 4. The summed E-state index contributed by atoms with van der Waals surface area (Å²) in [5.41, 5.74) is 7.47. The normalized spacial score (nSPS) is 11.2. The van der Waals surface area contributed by atoms with E-state index in [0.717, 1.165) is 59.8 Å². The Morgan fingerprint density at radius 2 is 0.679 bits per heavy atom. The molecule has 0 radical (unpaired) electrons. The Labute approximate surface area is 337 Å². The first-order chi connectivity index (χ1) is 24.8. The van der Waals surface area contributed by atoms with Crippen molar-refractivity contribution in [3.8, 4) is 0 Å². The topological polar surface area (TPSA) is 99.0 Å². The Morgan fingerprint density at radius 1 is 0.434 bits per heavy atom. The van der Waals surface area contributed by atoms with Crippen molar-refractivity contribution in [2.75, 3.05) is 26.2 Å². The predicted octanol–water partition coefficient (Wildman–Crippen LogP) is 11.5. The molecule has 0 bridgehead atoms. The second-order valence-electron chi connectivity index (χ2n) is 13.5. The average Bonchev–Trinajstić information content (AvgIpc) is 3.13. The van der Waals surface area contributed by atoms with Crippen molar-refractivity contribution in [3.05, 3.63) is 141 Å². The minimum atomic E-state index is -0.175. The molecule has 0 atom stereocenters. The van der Waals surface area contributed by atoms with E-state index in [1.54, 1.807) is 24.3 Å². The molecule has 4 aromatic carbocycles. The number of rotatable bonds is 12. The van der Waals surface area contributed by atoms with Gasteiger partial charge >= 0.3 is 21.7 Å². The summed E-state index contributed by atoms with van der Waals surface area (Å²) in [5.74, 6) is 1.00. The maximum Gasteiger partial charge on any atom is 4.00 e. The molecule has 0 aliphatic rings. The third-order valence-electron chi connectivity index (χ3n) is 8.05. The van der Waals surface area contributed by atoms with Crippen molar-refractivity contribution in [3.63, 3.8) is 0 Å². The van der Waals surface area contributed by atoms with Crippen LogP contribution in [0.15, 0.2) is 107 Å².